The van der Waals surface area contributed by atoms with E-state index in [1.54, 1.807) is 0 Å². The minimum absolute atomic E-state index is 0.809. The Labute approximate surface area is 214 Å². The normalized spacial score (nSPS) is 11.2. The fourth-order valence-electron chi connectivity index (χ4n) is 3.98. The fourth-order valence-corrected chi connectivity index (χ4v) is 3.98. The second-order valence-corrected chi connectivity index (χ2v) is 9.20. The van der Waals surface area contributed by atoms with Crippen molar-refractivity contribution in [2.45, 2.75) is 26.9 Å². The van der Waals surface area contributed by atoms with Gasteiger partial charge in [-0.15, -0.1) is 0 Å². The summed E-state index contributed by atoms with van der Waals surface area (Å²) < 4.78 is 0. The topological polar surface area (TPSA) is 78.9 Å². The van der Waals surface area contributed by atoms with Gasteiger partial charge in [-0.2, -0.15) is 0 Å². The third kappa shape index (κ3) is 7.75. The van der Waals surface area contributed by atoms with Crippen LogP contribution in [-0.4, -0.2) is 58.1 Å². The Morgan fingerprint density at radius 2 is 1.11 bits per heavy atom. The Morgan fingerprint density at radius 3 is 1.72 bits per heavy atom. The van der Waals surface area contributed by atoms with Gasteiger partial charge in [0.05, 0.1) is 22.8 Å². The predicted molar refractivity (Wildman–Crippen MR) is 145 cm³/mol. The molecule has 0 aliphatic carbocycles. The SMILES string of the molecule is Cc1ccnc(-c2cc(CNCCNCCN(C)Cc3ccnc(-c4cc(C)ccn4)c3)ccn2)c1. The largest absolute Gasteiger partial charge is 0.314 e. The van der Waals surface area contributed by atoms with Crippen LogP contribution in [0, 0.1) is 13.8 Å². The third-order valence-electron chi connectivity index (χ3n) is 5.93. The van der Waals surface area contributed by atoms with Crippen LogP contribution in [0.15, 0.2) is 73.3 Å². The van der Waals surface area contributed by atoms with Gasteiger partial charge in [-0.3, -0.25) is 19.9 Å². The first-order valence-corrected chi connectivity index (χ1v) is 12.4. The summed E-state index contributed by atoms with van der Waals surface area (Å²) in [5, 5.41) is 7.03. The monoisotopic (exact) mass is 481 g/mol. The molecule has 0 aliphatic heterocycles. The van der Waals surface area contributed by atoms with E-state index in [4.69, 9.17) is 0 Å². The van der Waals surface area contributed by atoms with Crippen LogP contribution in [0.25, 0.3) is 22.8 Å². The smallest absolute Gasteiger partial charge is 0.0889 e. The average molecular weight is 482 g/mol. The Bertz CT molecular complexity index is 1260. The summed E-state index contributed by atoms with van der Waals surface area (Å²) in [7, 11) is 2.15. The molecule has 36 heavy (non-hydrogen) atoms. The molecule has 4 heterocycles. The van der Waals surface area contributed by atoms with Crippen molar-refractivity contribution in [1.29, 1.82) is 0 Å². The molecule has 0 aliphatic rings. The van der Waals surface area contributed by atoms with Gasteiger partial charge in [0.2, 0.25) is 0 Å². The lowest BCUT2D eigenvalue weighted by Crippen LogP contribution is -2.33. The molecule has 186 valence electrons. The van der Waals surface area contributed by atoms with Crippen molar-refractivity contribution in [3.8, 4) is 22.8 Å². The summed E-state index contributed by atoms with van der Waals surface area (Å²) >= 11 is 0. The number of aryl methyl sites for hydroxylation is 2. The summed E-state index contributed by atoms with van der Waals surface area (Å²) in [5.74, 6) is 0. The molecule has 0 saturated carbocycles. The van der Waals surface area contributed by atoms with Crippen molar-refractivity contribution < 1.29 is 0 Å². The molecule has 0 spiro atoms. The van der Waals surface area contributed by atoms with E-state index in [0.717, 1.165) is 62.0 Å². The maximum Gasteiger partial charge on any atom is 0.0889 e. The van der Waals surface area contributed by atoms with Gasteiger partial charge in [0.1, 0.15) is 0 Å². The highest BCUT2D eigenvalue weighted by molar-refractivity contribution is 5.56. The summed E-state index contributed by atoms with van der Waals surface area (Å²) in [6.45, 7) is 9.56. The molecule has 0 radical (unpaired) electrons. The molecule has 0 fully saturated rings. The van der Waals surface area contributed by atoms with Gasteiger partial charge in [0.15, 0.2) is 0 Å². The van der Waals surface area contributed by atoms with Gasteiger partial charge >= 0.3 is 0 Å². The molecule has 0 unspecified atom stereocenters. The van der Waals surface area contributed by atoms with E-state index in [0.29, 0.717) is 0 Å². The number of aromatic nitrogens is 4. The highest BCUT2D eigenvalue weighted by atomic mass is 15.1. The maximum atomic E-state index is 4.50. The number of hydrogen-bond acceptors (Lipinski definition) is 7. The molecule has 4 aromatic heterocycles. The molecule has 2 N–H and O–H groups in total. The lowest BCUT2D eigenvalue weighted by Gasteiger charge is -2.17. The van der Waals surface area contributed by atoms with Crippen LogP contribution in [0.4, 0.5) is 0 Å². The zero-order valence-corrected chi connectivity index (χ0v) is 21.4. The Morgan fingerprint density at radius 1 is 0.611 bits per heavy atom. The number of nitrogens with one attached hydrogen (secondary N) is 2. The molecule has 7 nitrogen and oxygen atoms in total. The summed E-state index contributed by atoms with van der Waals surface area (Å²) in [6.07, 6.45) is 7.39. The highest BCUT2D eigenvalue weighted by Gasteiger charge is 2.06. The summed E-state index contributed by atoms with van der Waals surface area (Å²) in [5.41, 5.74) is 8.50. The predicted octanol–water partition coefficient (Wildman–Crippen LogP) is 4.03. The average Bonchev–Trinajstić information content (AvgIpc) is 2.88. The van der Waals surface area contributed by atoms with Gasteiger partial charge in [0, 0.05) is 64.1 Å². The first-order valence-electron chi connectivity index (χ1n) is 12.4. The van der Waals surface area contributed by atoms with E-state index in [1.165, 1.54) is 22.3 Å². The molecular weight excluding hydrogens is 446 g/mol. The lowest BCUT2D eigenvalue weighted by molar-refractivity contribution is 0.324. The van der Waals surface area contributed by atoms with Crippen LogP contribution in [0.3, 0.4) is 0 Å². The van der Waals surface area contributed by atoms with Crippen LogP contribution in [0.2, 0.25) is 0 Å². The van der Waals surface area contributed by atoms with Crippen LogP contribution >= 0.6 is 0 Å². The standard InChI is InChI=1S/C29H35N7/c1-22-4-8-32-26(16-22)28-18-24(6-10-34-28)20-31-13-12-30-14-15-36(3)21-25-7-11-35-29(19-25)27-17-23(2)5-9-33-27/h4-11,16-19,30-31H,12-15,20-21H2,1-3H3. The molecule has 0 aromatic carbocycles. The van der Waals surface area contributed by atoms with E-state index in [1.807, 2.05) is 43.0 Å². The second-order valence-electron chi connectivity index (χ2n) is 9.20. The van der Waals surface area contributed by atoms with Gasteiger partial charge in [0.25, 0.3) is 0 Å². The second kappa shape index (κ2) is 13.0. The molecule has 0 amide bonds. The minimum Gasteiger partial charge on any atom is -0.314 e. The van der Waals surface area contributed by atoms with E-state index in [-0.39, 0.29) is 0 Å². The van der Waals surface area contributed by atoms with Crippen molar-refractivity contribution >= 4 is 0 Å². The van der Waals surface area contributed by atoms with Gasteiger partial charge in [-0.25, -0.2) is 0 Å². The quantitative estimate of drug-likeness (QED) is 0.296. The molecule has 0 atom stereocenters. The van der Waals surface area contributed by atoms with Crippen molar-refractivity contribution in [1.82, 2.24) is 35.5 Å². The van der Waals surface area contributed by atoms with E-state index in [9.17, 15) is 0 Å². The first-order chi connectivity index (χ1) is 17.6. The van der Waals surface area contributed by atoms with Crippen LogP contribution < -0.4 is 10.6 Å². The maximum absolute atomic E-state index is 4.50. The van der Waals surface area contributed by atoms with E-state index >= 15 is 0 Å². The van der Waals surface area contributed by atoms with Crippen molar-refractivity contribution in [3.63, 3.8) is 0 Å². The van der Waals surface area contributed by atoms with Crippen LogP contribution in [0.5, 0.6) is 0 Å². The van der Waals surface area contributed by atoms with Gasteiger partial charge in [-0.05, 0) is 91.7 Å². The molecule has 0 saturated heterocycles. The van der Waals surface area contributed by atoms with Crippen molar-refractivity contribution in [3.05, 3.63) is 95.6 Å². The van der Waals surface area contributed by atoms with Gasteiger partial charge < -0.3 is 15.5 Å². The zero-order valence-electron chi connectivity index (χ0n) is 21.4. The third-order valence-corrected chi connectivity index (χ3v) is 5.93. The zero-order chi connectivity index (χ0) is 25.2. The molecule has 0 bridgehead atoms. The number of pyridine rings is 4. The number of likely N-dealkylation sites (N-methyl/N-ethyl adjacent to an activating group) is 1. The fraction of sp³-hybridized carbons (Fsp3) is 0.310. The van der Waals surface area contributed by atoms with Crippen LogP contribution in [0.1, 0.15) is 22.3 Å². The summed E-state index contributed by atoms with van der Waals surface area (Å²) in [4.78, 5) is 20.2. The lowest BCUT2D eigenvalue weighted by atomic mass is 10.1. The van der Waals surface area contributed by atoms with Gasteiger partial charge in [-0.1, -0.05) is 0 Å². The van der Waals surface area contributed by atoms with Crippen molar-refractivity contribution in [2.75, 3.05) is 33.2 Å². The van der Waals surface area contributed by atoms with Crippen LogP contribution in [-0.2, 0) is 13.1 Å². The number of hydrogen-bond donors (Lipinski definition) is 2. The first kappa shape index (κ1) is 25.6. The Hall–Kier alpha value is -3.52. The minimum atomic E-state index is 0.809. The Balaban J connectivity index is 1.14. The molecule has 4 rings (SSSR count). The van der Waals surface area contributed by atoms with E-state index < -0.39 is 0 Å². The van der Waals surface area contributed by atoms with E-state index in [2.05, 4.69) is 86.7 Å². The summed E-state index contributed by atoms with van der Waals surface area (Å²) in [6, 6.07) is 16.5. The Kier molecular flexibility index (Phi) is 9.21. The molecule has 4 aromatic rings. The highest BCUT2D eigenvalue weighted by Crippen LogP contribution is 2.18. The molecule has 7 heteroatoms. The molecular formula is C29H35N7. The van der Waals surface area contributed by atoms with Crippen molar-refractivity contribution in [2.24, 2.45) is 0 Å². The number of nitrogens with zero attached hydrogens (tertiary/aromatic N) is 5. The number of rotatable bonds is 12.